The van der Waals surface area contributed by atoms with E-state index >= 15 is 0 Å². The van der Waals surface area contributed by atoms with Gasteiger partial charge in [-0.2, -0.15) is 0 Å². The number of nitrogens with one attached hydrogen (secondary N) is 1. The van der Waals surface area contributed by atoms with Gasteiger partial charge in [-0.25, -0.2) is 0 Å². The molecule has 0 saturated carbocycles. The largest absolute Gasteiger partial charge is 0.481 e. The minimum absolute atomic E-state index is 0.211. The number of aryl methyl sites for hydroxylation is 1. The van der Waals surface area contributed by atoms with Gasteiger partial charge in [0, 0.05) is 6.54 Å². The molecule has 0 aliphatic carbocycles. The Morgan fingerprint density at radius 3 is 2.88 bits per heavy atom. The maximum absolute atomic E-state index is 10.3. The number of rotatable bonds is 7. The third-order valence-corrected chi connectivity index (χ3v) is 2.46. The molecule has 94 valence electrons. The van der Waals surface area contributed by atoms with Crippen LogP contribution in [-0.2, 0) is 11.2 Å². The summed E-state index contributed by atoms with van der Waals surface area (Å²) in [6.45, 7) is 3.10. The van der Waals surface area contributed by atoms with Gasteiger partial charge in [0.25, 0.3) is 0 Å². The van der Waals surface area contributed by atoms with E-state index in [0.717, 1.165) is 13.0 Å². The second-order valence-corrected chi connectivity index (χ2v) is 4.19. The zero-order valence-corrected chi connectivity index (χ0v) is 10.0. The summed E-state index contributed by atoms with van der Waals surface area (Å²) in [5.74, 6) is -0.974. The van der Waals surface area contributed by atoms with E-state index in [0.29, 0.717) is 6.54 Å². The van der Waals surface area contributed by atoms with E-state index in [9.17, 15) is 9.90 Å². The minimum atomic E-state index is -0.974. The highest BCUT2D eigenvalue weighted by Crippen LogP contribution is 2.03. The quantitative estimate of drug-likeness (QED) is 0.618. The second kappa shape index (κ2) is 7.04. The zero-order chi connectivity index (χ0) is 12.7. The van der Waals surface area contributed by atoms with Crippen molar-refractivity contribution < 1.29 is 15.0 Å². The first-order valence-corrected chi connectivity index (χ1v) is 5.74. The zero-order valence-electron chi connectivity index (χ0n) is 10.0. The van der Waals surface area contributed by atoms with Gasteiger partial charge in [0.1, 0.15) is 0 Å². The van der Waals surface area contributed by atoms with E-state index in [-0.39, 0.29) is 6.42 Å². The summed E-state index contributed by atoms with van der Waals surface area (Å²) in [6.07, 6.45) is -0.149. The summed E-state index contributed by atoms with van der Waals surface area (Å²) in [4.78, 5) is 10.3. The van der Waals surface area contributed by atoms with Crippen molar-refractivity contribution in [2.45, 2.75) is 25.9 Å². The van der Waals surface area contributed by atoms with E-state index in [1.165, 1.54) is 11.1 Å². The molecule has 1 unspecified atom stereocenters. The summed E-state index contributed by atoms with van der Waals surface area (Å²) < 4.78 is 0. The molecule has 4 heteroatoms. The minimum Gasteiger partial charge on any atom is -0.481 e. The normalized spacial score (nSPS) is 12.4. The number of hydrogen-bond donors (Lipinski definition) is 3. The monoisotopic (exact) mass is 237 g/mol. The van der Waals surface area contributed by atoms with Crippen molar-refractivity contribution in [2.24, 2.45) is 0 Å². The molecule has 1 aromatic rings. The topological polar surface area (TPSA) is 69.6 Å². The molecule has 0 bridgehead atoms. The lowest BCUT2D eigenvalue weighted by molar-refractivity contribution is -0.139. The number of hydrogen-bond acceptors (Lipinski definition) is 3. The molecule has 1 rings (SSSR count). The molecule has 17 heavy (non-hydrogen) atoms. The molecule has 1 atom stereocenters. The molecule has 1 aromatic carbocycles. The van der Waals surface area contributed by atoms with E-state index in [4.69, 9.17) is 5.11 Å². The molecule has 0 heterocycles. The van der Waals surface area contributed by atoms with E-state index in [1.807, 2.05) is 19.1 Å². The van der Waals surface area contributed by atoms with Gasteiger partial charge >= 0.3 is 5.97 Å². The third kappa shape index (κ3) is 6.04. The van der Waals surface area contributed by atoms with Crippen molar-refractivity contribution in [2.75, 3.05) is 13.1 Å². The Morgan fingerprint density at radius 1 is 1.47 bits per heavy atom. The van der Waals surface area contributed by atoms with Gasteiger partial charge in [-0.05, 0) is 25.5 Å². The predicted molar refractivity (Wildman–Crippen MR) is 66.0 cm³/mol. The molecule has 0 aliphatic heterocycles. The van der Waals surface area contributed by atoms with Crippen LogP contribution in [0.25, 0.3) is 0 Å². The summed E-state index contributed by atoms with van der Waals surface area (Å²) >= 11 is 0. The van der Waals surface area contributed by atoms with Crippen molar-refractivity contribution in [3.05, 3.63) is 35.4 Å². The molecular weight excluding hydrogens is 218 g/mol. The fourth-order valence-corrected chi connectivity index (χ4v) is 1.64. The number of carbonyl (C=O) groups is 1. The molecule has 0 aliphatic rings. The molecule has 0 amide bonds. The number of aliphatic hydroxyl groups excluding tert-OH is 1. The first kappa shape index (κ1) is 13.7. The molecule has 0 spiro atoms. The summed E-state index contributed by atoms with van der Waals surface area (Å²) in [5.41, 5.74) is 2.47. The Hall–Kier alpha value is -1.39. The average Bonchev–Trinajstić information content (AvgIpc) is 2.23. The van der Waals surface area contributed by atoms with Crippen LogP contribution in [0, 0.1) is 6.92 Å². The fraction of sp³-hybridized carbons (Fsp3) is 0.462. The first-order chi connectivity index (χ1) is 8.08. The van der Waals surface area contributed by atoms with Gasteiger partial charge in [-0.1, -0.05) is 29.8 Å². The molecule has 0 radical (unpaired) electrons. The van der Waals surface area contributed by atoms with Gasteiger partial charge in [-0.15, -0.1) is 0 Å². The Morgan fingerprint density at radius 2 is 2.24 bits per heavy atom. The highest BCUT2D eigenvalue weighted by molar-refractivity contribution is 5.67. The van der Waals surface area contributed by atoms with Gasteiger partial charge in [0.15, 0.2) is 0 Å². The van der Waals surface area contributed by atoms with Crippen LogP contribution in [0.3, 0.4) is 0 Å². The van der Waals surface area contributed by atoms with Gasteiger partial charge in [0.2, 0.25) is 0 Å². The summed E-state index contributed by atoms with van der Waals surface area (Å²) in [7, 11) is 0. The molecule has 0 saturated heterocycles. The maximum atomic E-state index is 10.3. The maximum Gasteiger partial charge on any atom is 0.306 e. The Kier molecular flexibility index (Phi) is 5.66. The van der Waals surface area contributed by atoms with E-state index in [1.54, 1.807) is 0 Å². The van der Waals surface area contributed by atoms with Crippen molar-refractivity contribution in [1.82, 2.24) is 5.32 Å². The fourth-order valence-electron chi connectivity index (χ4n) is 1.64. The van der Waals surface area contributed by atoms with Gasteiger partial charge < -0.3 is 15.5 Å². The SMILES string of the molecule is Cc1cccc(CCNCC(O)CC(=O)O)c1. The van der Waals surface area contributed by atoms with Crippen LogP contribution in [0.2, 0.25) is 0 Å². The number of aliphatic carboxylic acids is 1. The number of carboxylic acid groups (broad SMARTS) is 1. The Labute approximate surface area is 101 Å². The molecule has 4 nitrogen and oxygen atoms in total. The van der Waals surface area contributed by atoms with Crippen molar-refractivity contribution in [1.29, 1.82) is 0 Å². The van der Waals surface area contributed by atoms with E-state index < -0.39 is 12.1 Å². The molecule has 3 N–H and O–H groups in total. The van der Waals surface area contributed by atoms with Crippen molar-refractivity contribution >= 4 is 5.97 Å². The van der Waals surface area contributed by atoms with E-state index in [2.05, 4.69) is 17.4 Å². The predicted octanol–water partition coefficient (Wildman–Crippen LogP) is 0.963. The number of benzene rings is 1. The average molecular weight is 237 g/mol. The Bertz CT molecular complexity index is 365. The van der Waals surface area contributed by atoms with Crippen LogP contribution in [0.5, 0.6) is 0 Å². The molecule has 0 fully saturated rings. The lowest BCUT2D eigenvalue weighted by Crippen LogP contribution is -2.30. The highest BCUT2D eigenvalue weighted by atomic mass is 16.4. The van der Waals surface area contributed by atoms with Crippen molar-refractivity contribution in [3.63, 3.8) is 0 Å². The van der Waals surface area contributed by atoms with Crippen LogP contribution in [0.1, 0.15) is 17.5 Å². The lowest BCUT2D eigenvalue weighted by atomic mass is 10.1. The highest BCUT2D eigenvalue weighted by Gasteiger charge is 2.08. The first-order valence-electron chi connectivity index (χ1n) is 5.74. The Balaban J connectivity index is 2.18. The van der Waals surface area contributed by atoms with Crippen LogP contribution in [-0.4, -0.2) is 35.4 Å². The lowest BCUT2D eigenvalue weighted by Gasteiger charge is -2.09. The van der Waals surface area contributed by atoms with Crippen LogP contribution in [0.15, 0.2) is 24.3 Å². The standard InChI is InChI=1S/C13H19NO3/c1-10-3-2-4-11(7-10)5-6-14-9-12(15)8-13(16)17/h2-4,7,12,14-15H,5-6,8-9H2,1H3,(H,16,17). The smallest absolute Gasteiger partial charge is 0.306 e. The van der Waals surface area contributed by atoms with Crippen LogP contribution >= 0.6 is 0 Å². The van der Waals surface area contributed by atoms with Crippen LogP contribution < -0.4 is 5.32 Å². The summed E-state index contributed by atoms with van der Waals surface area (Å²) in [5, 5.41) is 20.8. The second-order valence-electron chi connectivity index (χ2n) is 4.19. The van der Waals surface area contributed by atoms with Gasteiger partial charge in [0.05, 0.1) is 12.5 Å². The molecular formula is C13H19NO3. The van der Waals surface area contributed by atoms with Gasteiger partial charge in [-0.3, -0.25) is 4.79 Å². The molecule has 0 aromatic heterocycles. The number of aliphatic hydroxyl groups is 1. The summed E-state index contributed by atoms with van der Waals surface area (Å²) in [6, 6.07) is 8.25. The van der Waals surface area contributed by atoms with Crippen molar-refractivity contribution in [3.8, 4) is 0 Å². The van der Waals surface area contributed by atoms with Crippen LogP contribution in [0.4, 0.5) is 0 Å². The number of carboxylic acids is 1. The third-order valence-electron chi connectivity index (χ3n) is 2.46.